The smallest absolute Gasteiger partial charge is 0.329 e. The van der Waals surface area contributed by atoms with Gasteiger partial charge in [-0.25, -0.2) is 9.59 Å². The van der Waals surface area contributed by atoms with Gasteiger partial charge in [-0.05, 0) is 45.2 Å². The maximum absolute atomic E-state index is 12.6. The monoisotopic (exact) mass is 429 g/mol. The van der Waals surface area contributed by atoms with Crippen LogP contribution in [0.1, 0.15) is 43.7 Å². The van der Waals surface area contributed by atoms with E-state index in [9.17, 15) is 24.0 Å². The Morgan fingerprint density at radius 2 is 1.71 bits per heavy atom. The molecule has 31 heavy (non-hydrogen) atoms. The van der Waals surface area contributed by atoms with Crippen LogP contribution in [0, 0.1) is 25.7 Å². The maximum atomic E-state index is 12.6. The number of rotatable bonds is 5. The van der Waals surface area contributed by atoms with Crippen molar-refractivity contribution in [2.45, 2.75) is 52.5 Å². The molecule has 3 atom stereocenters. The molecule has 1 saturated heterocycles. The topological polar surface area (TPSA) is 122 Å². The fraction of sp³-hybridized carbons (Fsp3) is 0.500. The van der Waals surface area contributed by atoms with Crippen LogP contribution < -0.4 is 10.6 Å². The molecule has 0 bridgehead atoms. The third-order valence-electron chi connectivity index (χ3n) is 5.83. The molecular weight excluding hydrogens is 402 g/mol. The lowest BCUT2D eigenvalue weighted by Crippen LogP contribution is -2.45. The number of amides is 5. The van der Waals surface area contributed by atoms with Crippen LogP contribution in [-0.4, -0.2) is 47.3 Å². The maximum Gasteiger partial charge on any atom is 0.329 e. The Morgan fingerprint density at radius 1 is 1.10 bits per heavy atom. The number of anilines is 1. The first-order valence-corrected chi connectivity index (χ1v) is 10.4. The number of nitrogens with zero attached hydrogens (tertiary/aromatic N) is 1. The van der Waals surface area contributed by atoms with Crippen LogP contribution in [0.25, 0.3) is 0 Å². The van der Waals surface area contributed by atoms with Crippen molar-refractivity contribution >= 4 is 35.4 Å². The summed E-state index contributed by atoms with van der Waals surface area (Å²) in [6, 6.07) is 3.55. The molecule has 9 heteroatoms. The predicted octanol–water partition coefficient (Wildman–Crippen LogP) is 2.06. The number of aryl methyl sites for hydroxylation is 2. The van der Waals surface area contributed by atoms with E-state index in [4.69, 9.17) is 4.74 Å². The van der Waals surface area contributed by atoms with Crippen LogP contribution >= 0.6 is 0 Å². The van der Waals surface area contributed by atoms with Gasteiger partial charge in [0.15, 0.2) is 6.61 Å². The van der Waals surface area contributed by atoms with Crippen molar-refractivity contribution in [3.8, 4) is 0 Å². The summed E-state index contributed by atoms with van der Waals surface area (Å²) in [5.41, 5.74) is 2.42. The van der Waals surface area contributed by atoms with Crippen LogP contribution in [0.2, 0.25) is 0 Å². The van der Waals surface area contributed by atoms with Crippen LogP contribution in [0.5, 0.6) is 0 Å². The molecule has 0 aromatic heterocycles. The largest absolute Gasteiger partial charge is 0.454 e. The molecule has 1 aromatic carbocycles. The van der Waals surface area contributed by atoms with Crippen molar-refractivity contribution in [3.05, 3.63) is 29.3 Å². The number of fused-ring (bicyclic) bond motifs is 1. The summed E-state index contributed by atoms with van der Waals surface area (Å²) in [7, 11) is 0. The average Bonchev–Trinajstić information content (AvgIpc) is 2.98. The molecule has 1 aliphatic heterocycles. The molecule has 0 spiro atoms. The number of hydrogen-bond acceptors (Lipinski definition) is 6. The molecule has 0 radical (unpaired) electrons. The highest BCUT2D eigenvalue weighted by Crippen LogP contribution is 2.38. The Bertz CT molecular complexity index is 904. The zero-order chi connectivity index (χ0) is 22.7. The Balaban J connectivity index is 1.49. The molecule has 2 unspecified atom stereocenters. The van der Waals surface area contributed by atoms with E-state index in [1.165, 1.54) is 6.92 Å². The third kappa shape index (κ3) is 4.92. The number of hydrogen-bond donors (Lipinski definition) is 2. The van der Waals surface area contributed by atoms with Gasteiger partial charge < -0.3 is 10.1 Å². The van der Waals surface area contributed by atoms with Crippen LogP contribution in [0.15, 0.2) is 18.2 Å². The molecular formula is C22H27N3O6. The normalized spacial score (nSPS) is 21.3. The van der Waals surface area contributed by atoms with Crippen molar-refractivity contribution in [1.82, 2.24) is 10.2 Å². The Hall–Kier alpha value is -3.23. The van der Waals surface area contributed by atoms with Gasteiger partial charge in [-0.3, -0.25) is 24.6 Å². The summed E-state index contributed by atoms with van der Waals surface area (Å²) >= 11 is 0. The number of benzene rings is 1. The summed E-state index contributed by atoms with van der Waals surface area (Å²) < 4.78 is 4.94. The van der Waals surface area contributed by atoms with E-state index in [-0.39, 0.29) is 23.7 Å². The standard InChI is InChI=1S/C22H27N3O6/c1-12-8-9-17(13(2)10-12)23-22(30)24-18(26)11-31-21(29)14(3)25-19(27)15-6-4-5-7-16(15)20(25)28/h8-10,14-16H,4-7,11H2,1-3H3,(H2,23,24,26,30)/t14-,15?,16?/m0/s1. The van der Waals surface area contributed by atoms with Gasteiger partial charge in [0.05, 0.1) is 11.8 Å². The van der Waals surface area contributed by atoms with Crippen molar-refractivity contribution in [3.63, 3.8) is 0 Å². The number of likely N-dealkylation sites (tertiary alicyclic amines) is 1. The second kappa shape index (κ2) is 9.28. The number of imide groups is 2. The van der Waals surface area contributed by atoms with Gasteiger partial charge in [0, 0.05) is 5.69 Å². The highest BCUT2D eigenvalue weighted by Gasteiger charge is 2.51. The summed E-state index contributed by atoms with van der Waals surface area (Å²) in [6.45, 7) is 4.45. The molecule has 1 saturated carbocycles. The minimum atomic E-state index is -1.12. The van der Waals surface area contributed by atoms with Gasteiger partial charge in [-0.1, -0.05) is 30.5 Å². The predicted molar refractivity (Wildman–Crippen MR) is 111 cm³/mol. The van der Waals surface area contributed by atoms with Crippen LogP contribution in [-0.2, 0) is 23.9 Å². The summed E-state index contributed by atoms with van der Waals surface area (Å²) in [6.07, 6.45) is 3.06. The number of urea groups is 1. The van der Waals surface area contributed by atoms with Crippen molar-refractivity contribution in [1.29, 1.82) is 0 Å². The Labute approximate surface area is 180 Å². The first-order chi connectivity index (χ1) is 14.7. The van der Waals surface area contributed by atoms with E-state index in [0.29, 0.717) is 18.5 Å². The minimum absolute atomic E-state index is 0.351. The minimum Gasteiger partial charge on any atom is -0.454 e. The highest BCUT2D eigenvalue weighted by atomic mass is 16.5. The molecule has 9 nitrogen and oxygen atoms in total. The van der Waals surface area contributed by atoms with E-state index in [1.54, 1.807) is 6.07 Å². The van der Waals surface area contributed by atoms with Gasteiger partial charge in [0.1, 0.15) is 6.04 Å². The van der Waals surface area contributed by atoms with Gasteiger partial charge in [0.25, 0.3) is 5.91 Å². The van der Waals surface area contributed by atoms with E-state index < -0.39 is 30.6 Å². The molecule has 2 aliphatic rings. The zero-order valence-corrected chi connectivity index (χ0v) is 17.9. The fourth-order valence-corrected chi connectivity index (χ4v) is 4.20. The lowest BCUT2D eigenvalue weighted by Gasteiger charge is -2.21. The summed E-state index contributed by atoms with van der Waals surface area (Å²) in [5, 5.41) is 4.63. The molecule has 5 amide bonds. The van der Waals surface area contributed by atoms with E-state index in [2.05, 4.69) is 10.6 Å². The average molecular weight is 429 g/mol. The van der Waals surface area contributed by atoms with E-state index in [0.717, 1.165) is 28.9 Å². The number of ether oxygens (including phenoxy) is 1. The summed E-state index contributed by atoms with van der Waals surface area (Å²) in [5.74, 6) is -3.13. The molecule has 3 rings (SSSR count). The lowest BCUT2D eigenvalue weighted by molar-refractivity contribution is -0.159. The molecule has 2 fully saturated rings. The van der Waals surface area contributed by atoms with E-state index >= 15 is 0 Å². The molecule has 2 N–H and O–H groups in total. The zero-order valence-electron chi connectivity index (χ0n) is 17.9. The molecule has 1 heterocycles. The van der Waals surface area contributed by atoms with Crippen molar-refractivity contribution < 1.29 is 28.7 Å². The number of nitrogens with one attached hydrogen (secondary N) is 2. The van der Waals surface area contributed by atoms with Gasteiger partial charge in [-0.15, -0.1) is 0 Å². The molecule has 166 valence electrons. The first-order valence-electron chi connectivity index (χ1n) is 10.4. The van der Waals surface area contributed by atoms with Gasteiger partial charge >= 0.3 is 12.0 Å². The second-order valence-corrected chi connectivity index (χ2v) is 8.15. The highest BCUT2D eigenvalue weighted by molar-refractivity contribution is 6.08. The lowest BCUT2D eigenvalue weighted by atomic mass is 9.81. The van der Waals surface area contributed by atoms with Crippen molar-refractivity contribution in [2.75, 3.05) is 11.9 Å². The van der Waals surface area contributed by atoms with E-state index in [1.807, 2.05) is 26.0 Å². The molecule has 1 aromatic rings. The SMILES string of the molecule is Cc1ccc(NC(=O)NC(=O)COC(=O)[C@H](C)N2C(=O)C3CCCCC3C2=O)c(C)c1. The second-order valence-electron chi connectivity index (χ2n) is 8.15. The number of esters is 1. The van der Waals surface area contributed by atoms with Crippen molar-refractivity contribution in [2.24, 2.45) is 11.8 Å². The fourth-order valence-electron chi connectivity index (χ4n) is 4.20. The van der Waals surface area contributed by atoms with Gasteiger partial charge in [0.2, 0.25) is 11.8 Å². The molecule has 1 aliphatic carbocycles. The van der Waals surface area contributed by atoms with Crippen LogP contribution in [0.4, 0.5) is 10.5 Å². The Morgan fingerprint density at radius 3 is 2.29 bits per heavy atom. The number of carbonyl (C=O) groups excluding carboxylic acids is 5. The Kier molecular flexibility index (Phi) is 6.72. The quantitative estimate of drug-likeness (QED) is 0.546. The van der Waals surface area contributed by atoms with Gasteiger partial charge in [-0.2, -0.15) is 0 Å². The third-order valence-corrected chi connectivity index (χ3v) is 5.83. The number of carbonyl (C=O) groups is 5. The summed E-state index contributed by atoms with van der Waals surface area (Å²) in [4.78, 5) is 62.4. The first kappa shape index (κ1) is 22.5. The van der Waals surface area contributed by atoms with Crippen LogP contribution in [0.3, 0.4) is 0 Å².